The maximum Gasteiger partial charge on any atom is 0.471 e. The number of benzene rings is 1. The highest BCUT2D eigenvalue weighted by Gasteiger charge is 2.40. The van der Waals surface area contributed by atoms with Crippen molar-refractivity contribution in [3.63, 3.8) is 0 Å². The molecular formula is C11H12F3NO3. The van der Waals surface area contributed by atoms with Crippen molar-refractivity contribution in [3.8, 4) is 0 Å². The summed E-state index contributed by atoms with van der Waals surface area (Å²) in [5.74, 6) is -2.20. The molecule has 0 saturated carbocycles. The average Bonchev–Trinajstić information content (AvgIpc) is 2.34. The van der Waals surface area contributed by atoms with E-state index in [4.69, 9.17) is 5.11 Å². The second-order valence-corrected chi connectivity index (χ2v) is 3.62. The molecule has 1 amide bonds. The van der Waals surface area contributed by atoms with Crippen molar-refractivity contribution >= 4 is 5.91 Å². The summed E-state index contributed by atoms with van der Waals surface area (Å²) < 4.78 is 36.1. The van der Waals surface area contributed by atoms with Crippen LogP contribution in [0.15, 0.2) is 30.3 Å². The van der Waals surface area contributed by atoms with Crippen LogP contribution >= 0.6 is 0 Å². The molecule has 0 saturated heterocycles. The van der Waals surface area contributed by atoms with Crippen LogP contribution < -0.4 is 5.32 Å². The Balaban J connectivity index is 2.76. The fourth-order valence-electron chi connectivity index (χ4n) is 1.36. The first-order chi connectivity index (χ1) is 8.36. The van der Waals surface area contributed by atoms with Gasteiger partial charge in [0.15, 0.2) is 0 Å². The molecule has 18 heavy (non-hydrogen) atoms. The van der Waals surface area contributed by atoms with E-state index in [1.54, 1.807) is 23.5 Å². The molecule has 100 valence electrons. The van der Waals surface area contributed by atoms with E-state index in [9.17, 15) is 23.1 Å². The summed E-state index contributed by atoms with van der Waals surface area (Å²) in [6, 6.07) is 6.37. The lowest BCUT2D eigenvalue weighted by Crippen LogP contribution is -2.47. The molecule has 0 aromatic heterocycles. The van der Waals surface area contributed by atoms with Gasteiger partial charge in [0.25, 0.3) is 0 Å². The Kier molecular flexibility index (Phi) is 4.69. The second-order valence-electron chi connectivity index (χ2n) is 3.62. The first-order valence-electron chi connectivity index (χ1n) is 5.08. The van der Waals surface area contributed by atoms with Crippen LogP contribution in [0.25, 0.3) is 0 Å². The molecule has 1 aromatic carbocycles. The lowest BCUT2D eigenvalue weighted by atomic mass is 10.0. The quantitative estimate of drug-likeness (QED) is 0.751. The predicted molar refractivity (Wildman–Crippen MR) is 56.5 cm³/mol. The molecule has 3 N–H and O–H groups in total. The van der Waals surface area contributed by atoms with Crippen molar-refractivity contribution in [3.05, 3.63) is 35.9 Å². The Morgan fingerprint density at radius 2 is 1.83 bits per heavy atom. The molecule has 4 nitrogen and oxygen atoms in total. The number of alkyl halides is 3. The number of halogens is 3. The molecule has 7 heteroatoms. The summed E-state index contributed by atoms with van der Waals surface area (Å²) in [4.78, 5) is 10.7. The summed E-state index contributed by atoms with van der Waals surface area (Å²) in [6.45, 7) is -0.808. The van der Waals surface area contributed by atoms with Gasteiger partial charge in [-0.05, 0) is 5.56 Å². The van der Waals surface area contributed by atoms with Crippen molar-refractivity contribution in [2.24, 2.45) is 0 Å². The van der Waals surface area contributed by atoms with Crippen LogP contribution in [0, 0.1) is 0 Å². The summed E-state index contributed by atoms with van der Waals surface area (Å²) in [5.41, 5.74) is 0.305. The number of amides is 1. The Morgan fingerprint density at radius 3 is 2.28 bits per heavy atom. The van der Waals surface area contributed by atoms with Crippen molar-refractivity contribution in [1.82, 2.24) is 5.32 Å². The molecule has 0 radical (unpaired) electrons. The molecule has 1 aromatic rings. The Labute approximate surface area is 101 Å². The van der Waals surface area contributed by atoms with Gasteiger partial charge in [-0.15, -0.1) is 0 Å². The monoisotopic (exact) mass is 263 g/mol. The highest BCUT2D eigenvalue weighted by molar-refractivity contribution is 5.82. The van der Waals surface area contributed by atoms with E-state index in [2.05, 4.69) is 0 Å². The van der Waals surface area contributed by atoms with Crippen molar-refractivity contribution in [2.45, 2.75) is 18.3 Å². The SMILES string of the molecule is O=C(NC(CO)[C@@H](O)c1ccccc1)C(F)(F)F. The van der Waals surface area contributed by atoms with E-state index in [1.807, 2.05) is 0 Å². The third kappa shape index (κ3) is 3.71. The van der Waals surface area contributed by atoms with Crippen molar-refractivity contribution < 1.29 is 28.2 Å². The Hall–Kier alpha value is -1.60. The van der Waals surface area contributed by atoms with Crippen LogP contribution in [0.1, 0.15) is 11.7 Å². The zero-order chi connectivity index (χ0) is 13.8. The minimum atomic E-state index is -5.05. The molecule has 0 heterocycles. The van der Waals surface area contributed by atoms with Crippen molar-refractivity contribution in [1.29, 1.82) is 0 Å². The molecule has 1 rings (SSSR count). The Morgan fingerprint density at radius 1 is 1.28 bits per heavy atom. The molecular weight excluding hydrogens is 251 g/mol. The van der Waals surface area contributed by atoms with Crippen LogP contribution in [0.4, 0.5) is 13.2 Å². The van der Waals surface area contributed by atoms with Gasteiger partial charge in [0.05, 0.1) is 12.6 Å². The van der Waals surface area contributed by atoms with Crippen LogP contribution in [0.3, 0.4) is 0 Å². The summed E-state index contributed by atoms with van der Waals surface area (Å²) in [5, 5.41) is 20.2. The highest BCUT2D eigenvalue weighted by Crippen LogP contribution is 2.19. The van der Waals surface area contributed by atoms with Gasteiger partial charge in [-0.1, -0.05) is 30.3 Å². The van der Waals surface area contributed by atoms with Gasteiger partial charge in [-0.3, -0.25) is 4.79 Å². The molecule has 2 atom stereocenters. The third-order valence-corrected chi connectivity index (χ3v) is 2.29. The van der Waals surface area contributed by atoms with E-state index < -0.39 is 30.8 Å². The zero-order valence-electron chi connectivity index (χ0n) is 9.19. The third-order valence-electron chi connectivity index (χ3n) is 2.29. The molecule has 1 unspecified atom stereocenters. The number of carbonyl (C=O) groups is 1. The fourth-order valence-corrected chi connectivity index (χ4v) is 1.36. The van der Waals surface area contributed by atoms with Gasteiger partial charge in [0.2, 0.25) is 0 Å². The second kappa shape index (κ2) is 5.83. The van der Waals surface area contributed by atoms with E-state index in [1.165, 1.54) is 12.1 Å². The summed E-state index contributed by atoms with van der Waals surface area (Å²) in [6.07, 6.45) is -6.47. The van der Waals surface area contributed by atoms with Gasteiger partial charge in [-0.2, -0.15) is 13.2 Å². The lowest BCUT2D eigenvalue weighted by molar-refractivity contribution is -0.175. The molecule has 0 aliphatic carbocycles. The first kappa shape index (κ1) is 14.5. The van der Waals surface area contributed by atoms with Crippen LogP contribution in [-0.2, 0) is 4.79 Å². The van der Waals surface area contributed by atoms with Gasteiger partial charge >= 0.3 is 12.1 Å². The minimum absolute atomic E-state index is 0.305. The van der Waals surface area contributed by atoms with E-state index >= 15 is 0 Å². The number of carbonyl (C=O) groups excluding carboxylic acids is 1. The number of hydrogen-bond acceptors (Lipinski definition) is 3. The average molecular weight is 263 g/mol. The van der Waals surface area contributed by atoms with Gasteiger partial charge in [0.1, 0.15) is 6.10 Å². The Bertz CT molecular complexity index is 394. The lowest BCUT2D eigenvalue weighted by Gasteiger charge is -2.23. The largest absolute Gasteiger partial charge is 0.471 e. The highest BCUT2D eigenvalue weighted by atomic mass is 19.4. The minimum Gasteiger partial charge on any atom is -0.394 e. The topological polar surface area (TPSA) is 69.6 Å². The standard InChI is InChI=1S/C11H12F3NO3/c12-11(13,14)10(18)15-8(6-16)9(17)7-4-2-1-3-5-7/h1-5,8-9,16-17H,6H2,(H,15,18)/t8?,9-/m0/s1. The van der Waals surface area contributed by atoms with Crippen molar-refractivity contribution in [2.75, 3.05) is 6.61 Å². The van der Waals surface area contributed by atoms with Gasteiger partial charge in [0, 0.05) is 0 Å². The molecule has 0 aliphatic rings. The van der Waals surface area contributed by atoms with E-state index in [0.717, 1.165) is 0 Å². The van der Waals surface area contributed by atoms with Gasteiger partial charge in [-0.25, -0.2) is 0 Å². The molecule has 0 spiro atoms. The number of nitrogens with one attached hydrogen (secondary N) is 1. The van der Waals surface area contributed by atoms with E-state index in [0.29, 0.717) is 5.56 Å². The molecule has 0 fully saturated rings. The smallest absolute Gasteiger partial charge is 0.394 e. The maximum absolute atomic E-state index is 12.0. The zero-order valence-corrected chi connectivity index (χ0v) is 9.19. The maximum atomic E-state index is 12.0. The summed E-state index contributed by atoms with van der Waals surface area (Å²) in [7, 11) is 0. The first-order valence-corrected chi connectivity index (χ1v) is 5.08. The number of aliphatic hydroxyl groups excluding tert-OH is 2. The van der Waals surface area contributed by atoms with E-state index in [-0.39, 0.29) is 0 Å². The molecule has 0 bridgehead atoms. The number of aliphatic hydroxyl groups is 2. The van der Waals surface area contributed by atoms with Gasteiger partial charge < -0.3 is 15.5 Å². The van der Waals surface area contributed by atoms with Crippen LogP contribution in [0.2, 0.25) is 0 Å². The number of hydrogen-bond donors (Lipinski definition) is 3. The normalized spacial score (nSPS) is 14.9. The molecule has 0 aliphatic heterocycles. The predicted octanol–water partition coefficient (Wildman–Crippen LogP) is 0.759. The van der Waals surface area contributed by atoms with Crippen LogP contribution in [-0.4, -0.2) is 34.9 Å². The summed E-state index contributed by atoms with van der Waals surface area (Å²) >= 11 is 0. The number of rotatable bonds is 4. The fraction of sp³-hybridized carbons (Fsp3) is 0.364. The van der Waals surface area contributed by atoms with Crippen LogP contribution in [0.5, 0.6) is 0 Å².